The van der Waals surface area contributed by atoms with Gasteiger partial charge in [0.15, 0.2) is 6.29 Å². The van der Waals surface area contributed by atoms with Crippen molar-refractivity contribution in [1.29, 1.82) is 0 Å². The minimum Gasteiger partial charge on any atom is -0.353 e. The topological polar surface area (TPSA) is 21.7 Å². The molecule has 90 valence electrons. The highest BCUT2D eigenvalue weighted by Crippen LogP contribution is 2.14. The zero-order valence-corrected chi connectivity index (χ0v) is 10.4. The number of likely N-dealkylation sites (tertiary alicyclic amines) is 1. The molecule has 1 fully saturated rings. The third kappa shape index (κ3) is 4.96. The standard InChI is InChI=1S/C12H25NO2/c1-4-10-14-12(3)15-11(2)13-8-6-5-7-9-13/h11-12H,4-10H2,1-3H3. The van der Waals surface area contributed by atoms with Crippen molar-refractivity contribution in [2.75, 3.05) is 19.7 Å². The predicted octanol–water partition coefficient (Wildman–Crippen LogP) is 2.61. The normalized spacial score (nSPS) is 22.6. The second-order valence-electron chi connectivity index (χ2n) is 4.27. The van der Waals surface area contributed by atoms with E-state index in [2.05, 4.69) is 18.7 Å². The van der Waals surface area contributed by atoms with Crippen molar-refractivity contribution >= 4 is 0 Å². The molecule has 0 aromatic heterocycles. The molecule has 1 aliphatic rings. The smallest absolute Gasteiger partial charge is 0.156 e. The summed E-state index contributed by atoms with van der Waals surface area (Å²) in [5.74, 6) is 0. The fourth-order valence-corrected chi connectivity index (χ4v) is 1.97. The highest BCUT2D eigenvalue weighted by Gasteiger charge is 2.18. The maximum Gasteiger partial charge on any atom is 0.156 e. The molecule has 0 aromatic rings. The third-order valence-electron chi connectivity index (χ3n) is 2.85. The van der Waals surface area contributed by atoms with Gasteiger partial charge in [-0.1, -0.05) is 13.3 Å². The molecule has 2 unspecified atom stereocenters. The van der Waals surface area contributed by atoms with Gasteiger partial charge < -0.3 is 9.47 Å². The van der Waals surface area contributed by atoms with E-state index >= 15 is 0 Å². The molecule has 3 nitrogen and oxygen atoms in total. The Balaban J connectivity index is 2.17. The summed E-state index contributed by atoms with van der Waals surface area (Å²) in [4.78, 5) is 2.40. The van der Waals surface area contributed by atoms with Gasteiger partial charge in [-0.25, -0.2) is 0 Å². The van der Waals surface area contributed by atoms with Crippen LogP contribution in [0.15, 0.2) is 0 Å². The number of ether oxygens (including phenoxy) is 2. The predicted molar refractivity (Wildman–Crippen MR) is 61.7 cm³/mol. The van der Waals surface area contributed by atoms with Crippen LogP contribution in [-0.4, -0.2) is 37.1 Å². The molecule has 2 atom stereocenters. The van der Waals surface area contributed by atoms with Crippen molar-refractivity contribution in [2.24, 2.45) is 0 Å². The van der Waals surface area contributed by atoms with Gasteiger partial charge in [0.1, 0.15) is 6.23 Å². The molecule has 0 bridgehead atoms. The Morgan fingerprint density at radius 2 is 1.80 bits per heavy atom. The summed E-state index contributed by atoms with van der Waals surface area (Å²) in [5, 5.41) is 0. The van der Waals surface area contributed by atoms with Crippen molar-refractivity contribution in [3.8, 4) is 0 Å². The Bertz CT molecular complexity index is 158. The molecule has 0 aliphatic carbocycles. The lowest BCUT2D eigenvalue weighted by atomic mass is 10.1. The summed E-state index contributed by atoms with van der Waals surface area (Å²) < 4.78 is 11.3. The van der Waals surface area contributed by atoms with Crippen LogP contribution in [0.4, 0.5) is 0 Å². The molecule has 1 heterocycles. The molecule has 0 aromatic carbocycles. The van der Waals surface area contributed by atoms with Gasteiger partial charge in [0.25, 0.3) is 0 Å². The van der Waals surface area contributed by atoms with Gasteiger partial charge in [-0.3, -0.25) is 4.90 Å². The molecule has 0 saturated carbocycles. The Labute approximate surface area is 93.7 Å². The van der Waals surface area contributed by atoms with Gasteiger partial charge in [-0.2, -0.15) is 0 Å². The maximum atomic E-state index is 5.80. The van der Waals surface area contributed by atoms with E-state index in [4.69, 9.17) is 9.47 Å². The highest BCUT2D eigenvalue weighted by molar-refractivity contribution is 4.65. The summed E-state index contributed by atoms with van der Waals surface area (Å²) >= 11 is 0. The van der Waals surface area contributed by atoms with Crippen LogP contribution in [0.2, 0.25) is 0 Å². The van der Waals surface area contributed by atoms with Crippen LogP contribution in [0.3, 0.4) is 0 Å². The largest absolute Gasteiger partial charge is 0.353 e. The first-order chi connectivity index (χ1) is 7.24. The molecule has 1 saturated heterocycles. The zero-order chi connectivity index (χ0) is 11.1. The quantitative estimate of drug-likeness (QED) is 0.636. The Hall–Kier alpha value is -0.120. The van der Waals surface area contributed by atoms with E-state index < -0.39 is 0 Å². The maximum absolute atomic E-state index is 5.80. The van der Waals surface area contributed by atoms with Crippen LogP contribution in [-0.2, 0) is 9.47 Å². The van der Waals surface area contributed by atoms with Crippen molar-refractivity contribution in [2.45, 2.75) is 59.0 Å². The average Bonchev–Trinajstić information content (AvgIpc) is 2.27. The van der Waals surface area contributed by atoms with Crippen LogP contribution in [0, 0.1) is 0 Å². The number of nitrogens with zero attached hydrogens (tertiary/aromatic N) is 1. The first-order valence-corrected chi connectivity index (χ1v) is 6.25. The minimum absolute atomic E-state index is 0.0816. The number of hydrogen-bond acceptors (Lipinski definition) is 3. The van der Waals surface area contributed by atoms with E-state index in [-0.39, 0.29) is 12.5 Å². The van der Waals surface area contributed by atoms with E-state index in [1.54, 1.807) is 0 Å². The van der Waals surface area contributed by atoms with Crippen molar-refractivity contribution in [1.82, 2.24) is 4.90 Å². The van der Waals surface area contributed by atoms with Crippen LogP contribution in [0.25, 0.3) is 0 Å². The minimum atomic E-state index is -0.0816. The molecule has 0 spiro atoms. The molecule has 1 aliphatic heterocycles. The number of hydrogen-bond donors (Lipinski definition) is 0. The molecule has 15 heavy (non-hydrogen) atoms. The first kappa shape index (κ1) is 12.9. The fourth-order valence-electron chi connectivity index (χ4n) is 1.97. The van der Waals surface area contributed by atoms with E-state index in [9.17, 15) is 0 Å². The first-order valence-electron chi connectivity index (χ1n) is 6.25. The molecular weight excluding hydrogens is 190 g/mol. The van der Waals surface area contributed by atoms with E-state index in [0.29, 0.717) is 0 Å². The van der Waals surface area contributed by atoms with Gasteiger partial charge in [0.05, 0.1) is 0 Å². The molecule has 0 N–H and O–H groups in total. The molecule has 1 rings (SSSR count). The third-order valence-corrected chi connectivity index (χ3v) is 2.85. The van der Waals surface area contributed by atoms with Gasteiger partial charge in [-0.15, -0.1) is 0 Å². The van der Waals surface area contributed by atoms with Gasteiger partial charge in [-0.05, 0) is 33.1 Å². The lowest BCUT2D eigenvalue weighted by molar-refractivity contribution is -0.194. The summed E-state index contributed by atoms with van der Waals surface area (Å²) in [6, 6.07) is 0. The number of rotatable bonds is 6. The van der Waals surface area contributed by atoms with Crippen LogP contribution >= 0.6 is 0 Å². The lowest BCUT2D eigenvalue weighted by Gasteiger charge is -2.33. The summed E-state index contributed by atoms with van der Waals surface area (Å²) in [6.07, 6.45) is 5.13. The van der Waals surface area contributed by atoms with Crippen LogP contribution in [0.5, 0.6) is 0 Å². The van der Waals surface area contributed by atoms with E-state index in [1.807, 2.05) is 6.92 Å². The summed E-state index contributed by atoms with van der Waals surface area (Å²) in [6.45, 7) is 9.34. The summed E-state index contributed by atoms with van der Waals surface area (Å²) in [5.41, 5.74) is 0. The Morgan fingerprint density at radius 3 is 2.40 bits per heavy atom. The Morgan fingerprint density at radius 1 is 1.13 bits per heavy atom. The second kappa shape index (κ2) is 7.20. The molecular formula is C12H25NO2. The summed E-state index contributed by atoms with van der Waals surface area (Å²) in [7, 11) is 0. The van der Waals surface area contributed by atoms with Crippen molar-refractivity contribution in [3.63, 3.8) is 0 Å². The van der Waals surface area contributed by atoms with E-state index in [1.165, 1.54) is 32.4 Å². The molecule has 0 radical (unpaired) electrons. The van der Waals surface area contributed by atoms with Gasteiger partial charge in [0.2, 0.25) is 0 Å². The molecule has 0 amide bonds. The van der Waals surface area contributed by atoms with Gasteiger partial charge >= 0.3 is 0 Å². The fraction of sp³-hybridized carbons (Fsp3) is 1.00. The number of piperidine rings is 1. The SMILES string of the molecule is CCCOC(C)OC(C)N1CCCCC1. The van der Waals surface area contributed by atoms with Crippen LogP contribution < -0.4 is 0 Å². The lowest BCUT2D eigenvalue weighted by Crippen LogP contribution is -2.40. The van der Waals surface area contributed by atoms with Crippen LogP contribution in [0.1, 0.15) is 46.5 Å². The van der Waals surface area contributed by atoms with E-state index in [0.717, 1.165) is 13.0 Å². The second-order valence-corrected chi connectivity index (χ2v) is 4.27. The van der Waals surface area contributed by atoms with Crippen molar-refractivity contribution < 1.29 is 9.47 Å². The average molecular weight is 215 g/mol. The monoisotopic (exact) mass is 215 g/mol. The Kier molecular flexibility index (Phi) is 6.22. The zero-order valence-electron chi connectivity index (χ0n) is 10.4. The van der Waals surface area contributed by atoms with Crippen molar-refractivity contribution in [3.05, 3.63) is 0 Å². The highest BCUT2D eigenvalue weighted by atomic mass is 16.7. The van der Waals surface area contributed by atoms with Gasteiger partial charge in [0, 0.05) is 19.7 Å². The molecule has 3 heteroatoms.